The Balaban J connectivity index is 1.07. The first kappa shape index (κ1) is 43.6. The fraction of sp³-hybridized carbons (Fsp3) is 0.917. The van der Waals surface area contributed by atoms with Crippen LogP contribution in [0, 0.1) is 69.0 Å². The van der Waals surface area contributed by atoms with E-state index >= 15 is 0 Å². The molecule has 1 unspecified atom stereocenters. The van der Waals surface area contributed by atoms with Crippen LogP contribution in [-0.4, -0.2) is 80.7 Å². The molecule has 0 aromatic carbocycles. The first-order chi connectivity index (χ1) is 26.7. The van der Waals surface area contributed by atoms with Crippen molar-refractivity contribution in [2.24, 2.45) is 69.0 Å². The van der Waals surface area contributed by atoms with Crippen molar-refractivity contribution < 1.29 is 27.5 Å². The smallest absolute Gasteiger partial charge is 0.323 e. The third-order valence-corrected chi connectivity index (χ3v) is 19.9. The van der Waals surface area contributed by atoms with Crippen molar-refractivity contribution in [3.8, 4) is 0 Å². The highest BCUT2D eigenvalue weighted by Gasteiger charge is 2.67. The SMILES string of the molecule is CC(C)OC(=O)C1(C(=O)OC(C)C)CCC(C2=CC[C@]3(C)[C@H]4CC[C@@H]5[C@H]6[C@H](C(C)C)CC[C@]6(NCCN6CCS(=O)(=O)CC6)CC[C@@]5(C)C4CC[C@H]3C2(C)C)CC1. The Kier molecular flexibility index (Phi) is 12.1. The predicted molar refractivity (Wildman–Crippen MR) is 228 cm³/mol. The minimum absolute atomic E-state index is 0.0651. The van der Waals surface area contributed by atoms with Gasteiger partial charge in [0.15, 0.2) is 15.3 Å². The molecule has 1 N–H and O–H groups in total. The molecule has 0 aromatic heterocycles. The molecule has 7 rings (SSSR count). The van der Waals surface area contributed by atoms with Gasteiger partial charge in [0, 0.05) is 31.7 Å². The monoisotopic (exact) mass is 813 g/mol. The summed E-state index contributed by atoms with van der Waals surface area (Å²) >= 11 is 0. The average Bonchev–Trinajstić information content (AvgIpc) is 3.52. The van der Waals surface area contributed by atoms with Crippen molar-refractivity contribution >= 4 is 21.8 Å². The van der Waals surface area contributed by atoms with Crippen LogP contribution in [0.2, 0.25) is 0 Å². The lowest BCUT2D eigenvalue weighted by atomic mass is 9.37. The van der Waals surface area contributed by atoms with E-state index in [-0.39, 0.29) is 28.6 Å². The lowest BCUT2D eigenvalue weighted by molar-refractivity contribution is -0.181. The molecule has 0 aromatic rings. The van der Waals surface area contributed by atoms with Gasteiger partial charge in [0.05, 0.1) is 23.7 Å². The fourth-order valence-electron chi connectivity index (χ4n) is 15.5. The van der Waals surface area contributed by atoms with Gasteiger partial charge in [0.1, 0.15) is 0 Å². The summed E-state index contributed by atoms with van der Waals surface area (Å²) in [5, 5.41) is 4.26. The maximum Gasteiger partial charge on any atom is 0.323 e. The Bertz CT molecular complexity index is 1610. The molecule has 6 fully saturated rings. The zero-order chi connectivity index (χ0) is 41.3. The molecular formula is C48H80N2O6S. The van der Waals surface area contributed by atoms with Gasteiger partial charge in [-0.15, -0.1) is 0 Å². The molecule has 1 heterocycles. The Morgan fingerprint density at radius 3 is 1.93 bits per heavy atom. The predicted octanol–water partition coefficient (Wildman–Crippen LogP) is 9.02. The molecule has 0 amide bonds. The standard InChI is InChI=1S/C48H80N2O6S/c1-31(2)35-17-22-48(49-25-26-50-27-29-57(53,54)30-28-50)24-23-45(9)37-13-14-40-44(7,8)36(18-19-46(40,10)38(37)11-12-39(45)41(35)48)34-15-20-47(21-16-34,42(51)55-32(3)4)43(52)56-33(5)6/h18,31-35,37-41,49H,11-17,19-30H2,1-10H3/t35-,37?,38-,39+,40-,41+,45-,46+,48-/m0/s1. The van der Waals surface area contributed by atoms with Crippen LogP contribution in [0.1, 0.15) is 153 Å². The zero-order valence-electron chi connectivity index (χ0n) is 37.6. The molecule has 5 saturated carbocycles. The Labute approximate surface area is 347 Å². The van der Waals surface area contributed by atoms with E-state index in [1.807, 2.05) is 27.7 Å². The number of hydrogen-bond donors (Lipinski definition) is 1. The minimum atomic E-state index is -2.86. The summed E-state index contributed by atoms with van der Waals surface area (Å²) in [6.07, 6.45) is 16.4. The van der Waals surface area contributed by atoms with E-state index in [0.717, 1.165) is 56.0 Å². The normalized spacial score (nSPS) is 40.1. The number of esters is 2. The number of carbonyl (C=O) groups is 2. The van der Waals surface area contributed by atoms with Crippen LogP contribution in [0.15, 0.2) is 11.6 Å². The van der Waals surface area contributed by atoms with Gasteiger partial charge in [-0.2, -0.15) is 0 Å². The maximum atomic E-state index is 13.5. The number of allylic oxidation sites excluding steroid dienone is 2. The minimum Gasteiger partial charge on any atom is -0.462 e. The van der Waals surface area contributed by atoms with E-state index in [2.05, 4.69) is 57.8 Å². The molecule has 0 radical (unpaired) electrons. The van der Waals surface area contributed by atoms with E-state index in [1.54, 1.807) is 5.57 Å². The summed E-state index contributed by atoms with van der Waals surface area (Å²) in [7, 11) is -2.86. The summed E-state index contributed by atoms with van der Waals surface area (Å²) in [5.41, 5.74) is 1.29. The highest BCUT2D eigenvalue weighted by atomic mass is 32.2. The summed E-state index contributed by atoms with van der Waals surface area (Å²) in [5.74, 6) is 5.23. The van der Waals surface area contributed by atoms with Crippen LogP contribution < -0.4 is 5.32 Å². The van der Waals surface area contributed by atoms with Gasteiger partial charge in [-0.1, -0.05) is 53.2 Å². The molecule has 0 spiro atoms. The van der Waals surface area contributed by atoms with Gasteiger partial charge in [0.25, 0.3) is 0 Å². The average molecular weight is 813 g/mol. The first-order valence-corrected chi connectivity index (χ1v) is 25.3. The summed E-state index contributed by atoms with van der Waals surface area (Å²) in [6, 6.07) is 0. The molecule has 1 saturated heterocycles. The highest BCUT2D eigenvalue weighted by molar-refractivity contribution is 7.91. The second kappa shape index (κ2) is 15.8. The van der Waals surface area contributed by atoms with Gasteiger partial charge in [-0.25, -0.2) is 8.42 Å². The zero-order valence-corrected chi connectivity index (χ0v) is 38.4. The van der Waals surface area contributed by atoms with E-state index in [0.29, 0.717) is 66.5 Å². The van der Waals surface area contributed by atoms with Gasteiger partial charge >= 0.3 is 11.9 Å². The lowest BCUT2D eigenvalue weighted by Gasteiger charge is -2.68. The van der Waals surface area contributed by atoms with E-state index in [4.69, 9.17) is 9.47 Å². The summed E-state index contributed by atoms with van der Waals surface area (Å²) in [4.78, 5) is 29.5. The number of carbonyl (C=O) groups excluding carboxylic acids is 2. The quantitative estimate of drug-likeness (QED) is 0.133. The molecule has 7 aliphatic rings. The maximum absolute atomic E-state index is 13.5. The van der Waals surface area contributed by atoms with Crippen molar-refractivity contribution in [3.63, 3.8) is 0 Å². The first-order valence-electron chi connectivity index (χ1n) is 23.5. The second-order valence-electron chi connectivity index (χ2n) is 22.4. The number of nitrogens with one attached hydrogen (secondary N) is 1. The number of sulfone groups is 1. The summed E-state index contributed by atoms with van der Waals surface area (Å²) < 4.78 is 35.6. The summed E-state index contributed by atoms with van der Waals surface area (Å²) in [6.45, 7) is 26.1. The molecule has 324 valence electrons. The number of fused-ring (bicyclic) bond motifs is 7. The van der Waals surface area contributed by atoms with Crippen molar-refractivity contribution in [2.45, 2.75) is 170 Å². The van der Waals surface area contributed by atoms with Crippen molar-refractivity contribution in [1.82, 2.24) is 10.2 Å². The van der Waals surface area contributed by atoms with Crippen LogP contribution in [-0.2, 0) is 28.9 Å². The van der Waals surface area contributed by atoms with Gasteiger partial charge in [-0.05, 0) is 175 Å². The van der Waals surface area contributed by atoms with Crippen LogP contribution >= 0.6 is 0 Å². The Morgan fingerprint density at radius 2 is 1.33 bits per heavy atom. The van der Waals surface area contributed by atoms with Crippen molar-refractivity contribution in [2.75, 3.05) is 37.7 Å². The third kappa shape index (κ3) is 7.63. The van der Waals surface area contributed by atoms with E-state index in [9.17, 15) is 18.0 Å². The lowest BCUT2D eigenvalue weighted by Crippen LogP contribution is -2.65. The highest BCUT2D eigenvalue weighted by Crippen LogP contribution is 2.72. The fourth-order valence-corrected chi connectivity index (χ4v) is 16.8. The number of nitrogens with zero attached hydrogens (tertiary/aromatic N) is 1. The van der Waals surface area contributed by atoms with Crippen LogP contribution in [0.4, 0.5) is 0 Å². The molecule has 0 bridgehead atoms. The van der Waals surface area contributed by atoms with Crippen molar-refractivity contribution in [1.29, 1.82) is 0 Å². The Hall–Kier alpha value is -1.45. The van der Waals surface area contributed by atoms with Crippen LogP contribution in [0.3, 0.4) is 0 Å². The van der Waals surface area contributed by atoms with Gasteiger partial charge in [0.2, 0.25) is 0 Å². The van der Waals surface area contributed by atoms with E-state index < -0.39 is 27.2 Å². The molecule has 6 aliphatic carbocycles. The van der Waals surface area contributed by atoms with E-state index in [1.165, 1.54) is 51.4 Å². The molecule has 57 heavy (non-hydrogen) atoms. The molecule has 8 nitrogen and oxygen atoms in total. The number of hydrogen-bond acceptors (Lipinski definition) is 8. The third-order valence-electron chi connectivity index (χ3n) is 18.3. The Morgan fingerprint density at radius 1 is 0.754 bits per heavy atom. The van der Waals surface area contributed by atoms with Crippen LogP contribution in [0.5, 0.6) is 0 Å². The molecular weight excluding hydrogens is 733 g/mol. The second-order valence-corrected chi connectivity index (χ2v) is 24.7. The molecule has 9 atom stereocenters. The van der Waals surface area contributed by atoms with Gasteiger partial charge < -0.3 is 19.7 Å². The largest absolute Gasteiger partial charge is 0.462 e. The van der Waals surface area contributed by atoms with Gasteiger partial charge in [-0.3, -0.25) is 9.59 Å². The van der Waals surface area contributed by atoms with Crippen LogP contribution in [0.25, 0.3) is 0 Å². The molecule has 9 heteroatoms. The number of ether oxygens (including phenoxy) is 2. The topological polar surface area (TPSA) is 102 Å². The molecule has 1 aliphatic heterocycles. The van der Waals surface area contributed by atoms with Crippen molar-refractivity contribution in [3.05, 3.63) is 11.6 Å². The number of rotatable bonds is 10.